The van der Waals surface area contributed by atoms with Gasteiger partial charge in [-0.3, -0.25) is 9.59 Å². The molecule has 0 bridgehead atoms. The zero-order valence-electron chi connectivity index (χ0n) is 11.7. The van der Waals surface area contributed by atoms with E-state index >= 15 is 0 Å². The lowest BCUT2D eigenvalue weighted by atomic mass is 9.86. The summed E-state index contributed by atoms with van der Waals surface area (Å²) in [6.45, 7) is 2.20. The minimum atomic E-state index is -0.0345. The average molecular weight is 272 g/mol. The average Bonchev–Trinajstić information content (AvgIpc) is 2.80. The van der Waals surface area contributed by atoms with Gasteiger partial charge in [-0.2, -0.15) is 0 Å². The van der Waals surface area contributed by atoms with Crippen LogP contribution in [0.4, 0.5) is 5.69 Å². The van der Waals surface area contributed by atoms with Gasteiger partial charge in [-0.05, 0) is 36.5 Å². The largest absolute Gasteiger partial charge is 0.349 e. The third-order valence-corrected chi connectivity index (χ3v) is 4.43. The molecule has 2 unspecified atom stereocenters. The molecule has 1 aromatic carbocycles. The lowest BCUT2D eigenvalue weighted by Crippen LogP contribution is -2.41. The fourth-order valence-electron chi connectivity index (χ4n) is 3.14. The van der Waals surface area contributed by atoms with Crippen LogP contribution in [-0.2, 0) is 11.2 Å². The highest BCUT2D eigenvalue weighted by atomic mass is 16.2. The Morgan fingerprint density at radius 1 is 1.30 bits per heavy atom. The molecule has 0 radical (unpaired) electrons. The van der Waals surface area contributed by atoms with Crippen LogP contribution in [-0.4, -0.2) is 17.9 Å². The van der Waals surface area contributed by atoms with Crippen molar-refractivity contribution in [3.8, 4) is 0 Å². The fraction of sp³-hybridized carbons (Fsp3) is 0.500. The van der Waals surface area contributed by atoms with Crippen molar-refractivity contribution < 1.29 is 9.59 Å². The summed E-state index contributed by atoms with van der Waals surface area (Å²) in [7, 11) is 0. The molecular weight excluding hydrogens is 252 g/mol. The SMILES string of the molecule is CC1CCCCC1NC(=O)c1ccc2c(c1)NC(=O)C2. The van der Waals surface area contributed by atoms with E-state index in [2.05, 4.69) is 17.6 Å². The van der Waals surface area contributed by atoms with Crippen LogP contribution in [0, 0.1) is 5.92 Å². The van der Waals surface area contributed by atoms with E-state index in [1.54, 1.807) is 6.07 Å². The molecule has 2 N–H and O–H groups in total. The second-order valence-corrected chi connectivity index (χ2v) is 5.94. The zero-order valence-corrected chi connectivity index (χ0v) is 11.7. The second-order valence-electron chi connectivity index (χ2n) is 5.94. The number of hydrogen-bond donors (Lipinski definition) is 2. The summed E-state index contributed by atoms with van der Waals surface area (Å²) < 4.78 is 0. The van der Waals surface area contributed by atoms with Crippen molar-refractivity contribution in [3.63, 3.8) is 0 Å². The molecule has 106 valence electrons. The molecule has 1 saturated carbocycles. The smallest absolute Gasteiger partial charge is 0.251 e. The summed E-state index contributed by atoms with van der Waals surface area (Å²) in [5.74, 6) is 0.507. The molecule has 1 aromatic rings. The molecular formula is C16H20N2O2. The van der Waals surface area contributed by atoms with Crippen LogP contribution in [0.25, 0.3) is 0 Å². The lowest BCUT2D eigenvalue weighted by Gasteiger charge is -2.29. The van der Waals surface area contributed by atoms with Gasteiger partial charge in [0.15, 0.2) is 0 Å². The molecule has 0 saturated heterocycles. The summed E-state index contributed by atoms with van der Waals surface area (Å²) in [6.07, 6.45) is 5.12. The molecule has 0 spiro atoms. The summed E-state index contributed by atoms with van der Waals surface area (Å²) >= 11 is 0. The first kappa shape index (κ1) is 13.2. The molecule has 1 aliphatic heterocycles. The summed E-state index contributed by atoms with van der Waals surface area (Å²) in [6, 6.07) is 5.73. The number of hydrogen-bond acceptors (Lipinski definition) is 2. The molecule has 0 aromatic heterocycles. The molecule has 4 heteroatoms. The number of amides is 2. The van der Waals surface area contributed by atoms with E-state index < -0.39 is 0 Å². The number of carbonyl (C=O) groups is 2. The molecule has 2 atom stereocenters. The highest BCUT2D eigenvalue weighted by Crippen LogP contribution is 2.26. The van der Waals surface area contributed by atoms with Gasteiger partial charge in [0.2, 0.25) is 5.91 Å². The summed E-state index contributed by atoms with van der Waals surface area (Å²) in [5, 5.41) is 5.92. The minimum Gasteiger partial charge on any atom is -0.349 e. The Balaban J connectivity index is 1.71. The van der Waals surface area contributed by atoms with Crippen molar-refractivity contribution in [1.82, 2.24) is 5.32 Å². The third kappa shape index (κ3) is 2.55. The van der Waals surface area contributed by atoms with Gasteiger partial charge in [0.05, 0.1) is 6.42 Å². The molecule has 4 nitrogen and oxygen atoms in total. The Bertz CT molecular complexity index is 553. The normalized spacial score (nSPS) is 24.9. The van der Waals surface area contributed by atoms with Gasteiger partial charge in [0, 0.05) is 17.3 Å². The first-order chi connectivity index (χ1) is 9.63. The molecule has 2 aliphatic rings. The van der Waals surface area contributed by atoms with E-state index in [1.165, 1.54) is 19.3 Å². The third-order valence-electron chi connectivity index (χ3n) is 4.43. The quantitative estimate of drug-likeness (QED) is 0.869. The Kier molecular flexibility index (Phi) is 3.47. The van der Waals surface area contributed by atoms with Gasteiger partial charge in [-0.15, -0.1) is 0 Å². The summed E-state index contributed by atoms with van der Waals surface area (Å²) in [4.78, 5) is 23.6. The number of rotatable bonds is 2. The molecule has 1 aliphatic carbocycles. The maximum Gasteiger partial charge on any atom is 0.251 e. The van der Waals surface area contributed by atoms with Crippen LogP contribution < -0.4 is 10.6 Å². The molecule has 1 heterocycles. The molecule has 2 amide bonds. The number of benzene rings is 1. The van der Waals surface area contributed by atoms with Gasteiger partial charge < -0.3 is 10.6 Å². The minimum absolute atomic E-state index is 0.00143. The van der Waals surface area contributed by atoms with E-state index in [0.717, 1.165) is 17.7 Å². The van der Waals surface area contributed by atoms with E-state index in [0.29, 0.717) is 17.9 Å². The van der Waals surface area contributed by atoms with Crippen molar-refractivity contribution in [2.45, 2.75) is 45.1 Å². The van der Waals surface area contributed by atoms with Crippen LogP contribution in [0.1, 0.15) is 48.5 Å². The van der Waals surface area contributed by atoms with Crippen molar-refractivity contribution in [2.75, 3.05) is 5.32 Å². The zero-order chi connectivity index (χ0) is 14.1. The van der Waals surface area contributed by atoms with Gasteiger partial charge in [-0.1, -0.05) is 25.8 Å². The van der Waals surface area contributed by atoms with Crippen molar-refractivity contribution in [2.24, 2.45) is 5.92 Å². The Labute approximate surface area is 118 Å². The number of nitrogens with one attached hydrogen (secondary N) is 2. The highest BCUT2D eigenvalue weighted by Gasteiger charge is 2.24. The standard InChI is InChI=1S/C16H20N2O2/c1-10-4-2-3-5-13(10)18-16(20)12-7-6-11-9-15(19)17-14(11)8-12/h6-8,10,13H,2-5,9H2,1H3,(H,17,19)(H,18,20). The second kappa shape index (κ2) is 5.27. The van der Waals surface area contributed by atoms with Crippen molar-refractivity contribution in [3.05, 3.63) is 29.3 Å². The van der Waals surface area contributed by atoms with Gasteiger partial charge in [0.25, 0.3) is 5.91 Å². The topological polar surface area (TPSA) is 58.2 Å². The molecule has 3 rings (SSSR count). The maximum absolute atomic E-state index is 12.3. The summed E-state index contributed by atoms with van der Waals surface area (Å²) in [5.41, 5.74) is 2.38. The van der Waals surface area contributed by atoms with Crippen LogP contribution in [0.3, 0.4) is 0 Å². The van der Waals surface area contributed by atoms with E-state index in [1.807, 2.05) is 12.1 Å². The highest BCUT2D eigenvalue weighted by molar-refractivity contribution is 6.02. The monoisotopic (exact) mass is 272 g/mol. The lowest BCUT2D eigenvalue weighted by molar-refractivity contribution is -0.115. The van der Waals surface area contributed by atoms with Gasteiger partial charge in [0.1, 0.15) is 0 Å². The van der Waals surface area contributed by atoms with E-state index in [9.17, 15) is 9.59 Å². The Hall–Kier alpha value is -1.84. The van der Waals surface area contributed by atoms with Crippen molar-refractivity contribution in [1.29, 1.82) is 0 Å². The predicted molar refractivity (Wildman–Crippen MR) is 77.7 cm³/mol. The number of carbonyl (C=O) groups excluding carboxylic acids is 2. The first-order valence-electron chi connectivity index (χ1n) is 7.37. The first-order valence-corrected chi connectivity index (χ1v) is 7.37. The maximum atomic E-state index is 12.3. The van der Waals surface area contributed by atoms with Crippen LogP contribution in [0.15, 0.2) is 18.2 Å². The number of anilines is 1. The Morgan fingerprint density at radius 2 is 2.10 bits per heavy atom. The van der Waals surface area contributed by atoms with Gasteiger partial charge in [-0.25, -0.2) is 0 Å². The van der Waals surface area contributed by atoms with E-state index in [4.69, 9.17) is 0 Å². The molecule has 20 heavy (non-hydrogen) atoms. The van der Waals surface area contributed by atoms with Crippen LogP contribution in [0.2, 0.25) is 0 Å². The number of fused-ring (bicyclic) bond motifs is 1. The Morgan fingerprint density at radius 3 is 2.90 bits per heavy atom. The van der Waals surface area contributed by atoms with Gasteiger partial charge >= 0.3 is 0 Å². The van der Waals surface area contributed by atoms with Crippen molar-refractivity contribution >= 4 is 17.5 Å². The van der Waals surface area contributed by atoms with Crippen LogP contribution >= 0.6 is 0 Å². The van der Waals surface area contributed by atoms with E-state index in [-0.39, 0.29) is 17.9 Å². The predicted octanol–water partition coefficient (Wildman–Crippen LogP) is 2.49. The fourth-order valence-corrected chi connectivity index (χ4v) is 3.14. The molecule has 1 fully saturated rings. The van der Waals surface area contributed by atoms with Crippen LogP contribution in [0.5, 0.6) is 0 Å².